The van der Waals surface area contributed by atoms with Gasteiger partial charge in [0.05, 0.1) is 0 Å². The molecule has 2 unspecified atom stereocenters. The van der Waals surface area contributed by atoms with Crippen molar-refractivity contribution in [2.45, 2.75) is 44.8 Å². The van der Waals surface area contributed by atoms with E-state index >= 15 is 0 Å². The van der Waals surface area contributed by atoms with Crippen molar-refractivity contribution in [1.29, 1.82) is 0 Å². The molecule has 2 heterocycles. The summed E-state index contributed by atoms with van der Waals surface area (Å²) in [7, 11) is 0. The van der Waals surface area contributed by atoms with Crippen LogP contribution >= 0.6 is 0 Å². The highest BCUT2D eigenvalue weighted by molar-refractivity contribution is 5.81. The Morgan fingerprint density at radius 3 is 3.00 bits per heavy atom. The molecule has 2 rings (SSSR count). The molecule has 92 valence electrons. The van der Waals surface area contributed by atoms with Crippen molar-refractivity contribution in [2.75, 3.05) is 19.7 Å². The summed E-state index contributed by atoms with van der Waals surface area (Å²) in [6.07, 6.45) is 4.33. The van der Waals surface area contributed by atoms with E-state index in [2.05, 4.69) is 17.6 Å². The fourth-order valence-corrected chi connectivity index (χ4v) is 2.50. The van der Waals surface area contributed by atoms with Crippen LogP contribution in [0.25, 0.3) is 0 Å². The maximum Gasteiger partial charge on any atom is 0.249 e. The highest BCUT2D eigenvalue weighted by atomic mass is 16.5. The van der Waals surface area contributed by atoms with Crippen LogP contribution in [0.5, 0.6) is 0 Å². The second kappa shape index (κ2) is 5.64. The van der Waals surface area contributed by atoms with Crippen LogP contribution in [0.3, 0.4) is 0 Å². The van der Waals surface area contributed by atoms with Gasteiger partial charge in [0.15, 0.2) is 0 Å². The lowest BCUT2D eigenvalue weighted by molar-refractivity contribution is -0.131. The molecule has 16 heavy (non-hydrogen) atoms. The molecule has 0 aliphatic carbocycles. The van der Waals surface area contributed by atoms with Gasteiger partial charge in [-0.25, -0.2) is 0 Å². The van der Waals surface area contributed by atoms with Crippen LogP contribution in [-0.4, -0.2) is 37.7 Å². The Bertz CT molecular complexity index is 239. The molecule has 2 aliphatic rings. The van der Waals surface area contributed by atoms with Gasteiger partial charge in [-0.3, -0.25) is 4.79 Å². The van der Waals surface area contributed by atoms with Crippen molar-refractivity contribution in [1.82, 2.24) is 10.6 Å². The quantitative estimate of drug-likeness (QED) is 0.741. The molecule has 2 fully saturated rings. The predicted molar refractivity (Wildman–Crippen MR) is 62.2 cm³/mol. The summed E-state index contributed by atoms with van der Waals surface area (Å²) in [5.74, 6) is 0.438. The van der Waals surface area contributed by atoms with Gasteiger partial charge in [-0.15, -0.1) is 0 Å². The number of carbonyl (C=O) groups excluding carboxylic acids is 1. The minimum atomic E-state index is -0.212. The fraction of sp³-hybridized carbons (Fsp3) is 0.917. The van der Waals surface area contributed by atoms with Gasteiger partial charge in [0.2, 0.25) is 5.91 Å². The van der Waals surface area contributed by atoms with Gasteiger partial charge in [-0.2, -0.15) is 0 Å². The van der Waals surface area contributed by atoms with Crippen molar-refractivity contribution in [3.8, 4) is 0 Å². The Morgan fingerprint density at radius 2 is 2.38 bits per heavy atom. The first kappa shape index (κ1) is 11.9. The van der Waals surface area contributed by atoms with Gasteiger partial charge in [0, 0.05) is 19.2 Å². The van der Waals surface area contributed by atoms with E-state index in [9.17, 15) is 4.79 Å². The smallest absolute Gasteiger partial charge is 0.249 e. The third kappa shape index (κ3) is 2.95. The number of hydrogen-bond acceptors (Lipinski definition) is 3. The van der Waals surface area contributed by atoms with Gasteiger partial charge < -0.3 is 15.4 Å². The van der Waals surface area contributed by atoms with Crippen LogP contribution in [0, 0.1) is 5.92 Å². The highest BCUT2D eigenvalue weighted by Gasteiger charge is 2.30. The Labute approximate surface area is 97.1 Å². The van der Waals surface area contributed by atoms with Crippen LogP contribution in [0.1, 0.15) is 32.6 Å². The maximum absolute atomic E-state index is 11.8. The molecule has 4 heteroatoms. The summed E-state index contributed by atoms with van der Waals surface area (Å²) in [5.41, 5.74) is 0. The predicted octanol–water partition coefficient (Wildman–Crippen LogP) is 0.670. The first-order valence-corrected chi connectivity index (χ1v) is 6.40. The molecule has 0 aromatic rings. The van der Waals surface area contributed by atoms with Crippen molar-refractivity contribution in [2.24, 2.45) is 5.92 Å². The summed E-state index contributed by atoms with van der Waals surface area (Å²) in [6.45, 7) is 4.70. The molecule has 0 bridgehead atoms. The van der Waals surface area contributed by atoms with Gasteiger partial charge >= 0.3 is 0 Å². The minimum absolute atomic E-state index is 0.0722. The molecular formula is C12H22N2O2. The zero-order chi connectivity index (χ0) is 11.4. The second-order valence-corrected chi connectivity index (χ2v) is 4.93. The highest BCUT2D eigenvalue weighted by Crippen LogP contribution is 2.19. The van der Waals surface area contributed by atoms with Gasteiger partial charge in [-0.05, 0) is 38.1 Å². The van der Waals surface area contributed by atoms with E-state index < -0.39 is 0 Å². The summed E-state index contributed by atoms with van der Waals surface area (Å²) in [6, 6.07) is 0.599. The van der Waals surface area contributed by atoms with Crippen molar-refractivity contribution >= 4 is 5.91 Å². The zero-order valence-corrected chi connectivity index (χ0v) is 10.00. The molecule has 0 aromatic carbocycles. The summed E-state index contributed by atoms with van der Waals surface area (Å²) >= 11 is 0. The SMILES string of the molecule is CC1CCOC1C(=O)NCC[C@H]1CCCN1. The second-order valence-electron chi connectivity index (χ2n) is 4.93. The van der Waals surface area contributed by atoms with Crippen LogP contribution in [0.4, 0.5) is 0 Å². The number of carbonyl (C=O) groups is 1. The van der Waals surface area contributed by atoms with Crippen LogP contribution in [-0.2, 0) is 9.53 Å². The van der Waals surface area contributed by atoms with Crippen molar-refractivity contribution < 1.29 is 9.53 Å². The molecule has 2 aliphatic heterocycles. The van der Waals surface area contributed by atoms with Crippen LogP contribution in [0.15, 0.2) is 0 Å². The Morgan fingerprint density at radius 1 is 1.50 bits per heavy atom. The first-order valence-electron chi connectivity index (χ1n) is 6.40. The lowest BCUT2D eigenvalue weighted by Crippen LogP contribution is -2.39. The third-order valence-corrected chi connectivity index (χ3v) is 3.60. The van der Waals surface area contributed by atoms with E-state index in [0.29, 0.717) is 12.0 Å². The molecule has 2 N–H and O–H groups in total. The standard InChI is InChI=1S/C12H22N2O2/c1-9-5-8-16-11(9)12(15)14-7-4-10-3-2-6-13-10/h9-11,13H,2-8H2,1H3,(H,14,15)/t9?,10-,11?/m1/s1. The molecule has 3 atom stereocenters. The molecule has 0 saturated carbocycles. The molecule has 2 saturated heterocycles. The van der Waals surface area contributed by atoms with Gasteiger partial charge in [-0.1, -0.05) is 6.92 Å². The summed E-state index contributed by atoms with van der Waals surface area (Å²) < 4.78 is 5.42. The van der Waals surface area contributed by atoms with Crippen molar-refractivity contribution in [3.05, 3.63) is 0 Å². The summed E-state index contributed by atoms with van der Waals surface area (Å²) in [5, 5.41) is 6.40. The number of hydrogen-bond donors (Lipinski definition) is 2. The molecule has 0 aromatic heterocycles. The Kier molecular flexibility index (Phi) is 4.18. The third-order valence-electron chi connectivity index (χ3n) is 3.60. The Balaban J connectivity index is 1.63. The van der Waals surface area contributed by atoms with E-state index in [1.165, 1.54) is 12.8 Å². The van der Waals surface area contributed by atoms with E-state index in [1.807, 2.05) is 0 Å². The first-order chi connectivity index (χ1) is 7.77. The van der Waals surface area contributed by atoms with E-state index in [4.69, 9.17) is 4.74 Å². The molecule has 4 nitrogen and oxygen atoms in total. The van der Waals surface area contributed by atoms with Crippen molar-refractivity contribution in [3.63, 3.8) is 0 Å². The molecule has 1 amide bonds. The van der Waals surface area contributed by atoms with Crippen LogP contribution in [0.2, 0.25) is 0 Å². The van der Waals surface area contributed by atoms with Crippen LogP contribution < -0.4 is 10.6 Å². The van der Waals surface area contributed by atoms with Gasteiger partial charge in [0.25, 0.3) is 0 Å². The number of amides is 1. The lowest BCUT2D eigenvalue weighted by atomic mass is 10.0. The molecular weight excluding hydrogens is 204 g/mol. The van der Waals surface area contributed by atoms with Gasteiger partial charge in [0.1, 0.15) is 6.10 Å². The largest absolute Gasteiger partial charge is 0.368 e. The monoisotopic (exact) mass is 226 g/mol. The Hall–Kier alpha value is -0.610. The van der Waals surface area contributed by atoms with E-state index in [0.717, 1.165) is 32.5 Å². The average molecular weight is 226 g/mol. The maximum atomic E-state index is 11.8. The lowest BCUT2D eigenvalue weighted by Gasteiger charge is -2.15. The fourth-order valence-electron chi connectivity index (χ4n) is 2.50. The normalized spacial score (nSPS) is 34.2. The number of rotatable bonds is 4. The molecule has 0 spiro atoms. The average Bonchev–Trinajstić information content (AvgIpc) is 2.88. The van der Waals surface area contributed by atoms with E-state index in [-0.39, 0.29) is 12.0 Å². The van der Waals surface area contributed by atoms with E-state index in [1.54, 1.807) is 0 Å². The summed E-state index contributed by atoms with van der Waals surface area (Å²) in [4.78, 5) is 11.8. The number of ether oxygens (including phenoxy) is 1. The minimum Gasteiger partial charge on any atom is -0.368 e. The number of nitrogens with one attached hydrogen (secondary N) is 2. The molecule has 0 radical (unpaired) electrons. The zero-order valence-electron chi connectivity index (χ0n) is 10.00. The topological polar surface area (TPSA) is 50.4 Å².